The van der Waals surface area contributed by atoms with Crippen molar-refractivity contribution < 1.29 is 14.3 Å². The summed E-state index contributed by atoms with van der Waals surface area (Å²) in [6.07, 6.45) is 0.578. The molecule has 0 atom stereocenters. The molecule has 0 aliphatic heterocycles. The minimum Gasteiger partial charge on any atom is -0.493 e. The Morgan fingerprint density at radius 3 is 2.40 bits per heavy atom. The van der Waals surface area contributed by atoms with Crippen LogP contribution in [0.4, 0.5) is 0 Å². The first-order chi connectivity index (χ1) is 14.4. The molecule has 1 aromatic heterocycles. The molecule has 1 N–H and O–H groups in total. The minimum atomic E-state index is -0.322. The smallest absolute Gasteiger partial charge is 0.274 e. The molecule has 0 aliphatic carbocycles. The van der Waals surface area contributed by atoms with Gasteiger partial charge in [0.2, 0.25) is 0 Å². The molecule has 0 radical (unpaired) electrons. The zero-order valence-corrected chi connectivity index (χ0v) is 18.9. The maximum atomic E-state index is 12.9. The summed E-state index contributed by atoms with van der Waals surface area (Å²) < 4.78 is 12.9. The molecule has 8 heteroatoms. The number of hydrogen-bond acceptors (Lipinski definition) is 5. The Kier molecular flexibility index (Phi) is 6.77. The second-order valence-corrected chi connectivity index (χ2v) is 7.90. The van der Waals surface area contributed by atoms with E-state index in [4.69, 9.17) is 9.47 Å². The molecule has 0 unspecified atom stereocenters. The van der Waals surface area contributed by atoms with Gasteiger partial charge in [0.15, 0.2) is 17.2 Å². The van der Waals surface area contributed by atoms with E-state index in [0.29, 0.717) is 35.2 Å². The number of benzene rings is 2. The third-order valence-corrected chi connectivity index (χ3v) is 5.50. The lowest BCUT2D eigenvalue weighted by Gasteiger charge is -2.14. The summed E-state index contributed by atoms with van der Waals surface area (Å²) in [7, 11) is 3.16. The average molecular weight is 474 g/mol. The van der Waals surface area contributed by atoms with E-state index in [1.54, 1.807) is 38.5 Å². The summed E-state index contributed by atoms with van der Waals surface area (Å²) >= 11 is 3.53. The Hall–Kier alpha value is -2.87. The number of amides is 1. The summed E-state index contributed by atoms with van der Waals surface area (Å²) in [6, 6.07) is 10.6. The molecule has 0 spiro atoms. The summed E-state index contributed by atoms with van der Waals surface area (Å²) in [5.41, 5.74) is 1.01. The van der Waals surface area contributed by atoms with E-state index in [1.807, 2.05) is 26.0 Å². The largest absolute Gasteiger partial charge is 0.493 e. The van der Waals surface area contributed by atoms with Crippen LogP contribution in [0.25, 0.3) is 10.8 Å². The van der Waals surface area contributed by atoms with E-state index in [2.05, 4.69) is 26.3 Å². The first kappa shape index (κ1) is 21.8. The number of aromatic nitrogens is 2. The third-order valence-electron chi connectivity index (χ3n) is 4.77. The first-order valence-corrected chi connectivity index (χ1v) is 10.4. The van der Waals surface area contributed by atoms with Crippen molar-refractivity contribution in [2.75, 3.05) is 20.8 Å². The van der Waals surface area contributed by atoms with Crippen molar-refractivity contribution in [3.63, 3.8) is 0 Å². The maximum Gasteiger partial charge on any atom is 0.274 e. The van der Waals surface area contributed by atoms with Gasteiger partial charge in [0.1, 0.15) is 0 Å². The fourth-order valence-corrected chi connectivity index (χ4v) is 3.73. The topological polar surface area (TPSA) is 82.5 Å². The van der Waals surface area contributed by atoms with Crippen molar-refractivity contribution in [3.8, 4) is 11.5 Å². The van der Waals surface area contributed by atoms with E-state index in [1.165, 1.54) is 4.68 Å². The average Bonchev–Trinajstić information content (AvgIpc) is 2.74. The quantitative estimate of drug-likeness (QED) is 0.565. The van der Waals surface area contributed by atoms with Crippen molar-refractivity contribution in [2.45, 2.75) is 26.3 Å². The normalized spacial score (nSPS) is 11.0. The van der Waals surface area contributed by atoms with Crippen LogP contribution in [0.15, 0.2) is 45.7 Å². The summed E-state index contributed by atoms with van der Waals surface area (Å²) in [6.45, 7) is 4.11. The summed E-state index contributed by atoms with van der Waals surface area (Å²) in [5.74, 6) is 0.930. The summed E-state index contributed by atoms with van der Waals surface area (Å²) in [4.78, 5) is 25.5. The van der Waals surface area contributed by atoms with Crippen LogP contribution in [0.3, 0.4) is 0 Å². The number of rotatable bonds is 7. The number of methoxy groups -OCH3 is 2. The Morgan fingerprint density at radius 2 is 1.77 bits per heavy atom. The van der Waals surface area contributed by atoms with Crippen LogP contribution in [0.1, 0.15) is 35.9 Å². The van der Waals surface area contributed by atoms with E-state index >= 15 is 0 Å². The Morgan fingerprint density at radius 1 is 1.13 bits per heavy atom. The van der Waals surface area contributed by atoms with Gasteiger partial charge in [0.25, 0.3) is 11.5 Å². The van der Waals surface area contributed by atoms with Crippen LogP contribution < -0.4 is 20.3 Å². The molecule has 0 saturated heterocycles. The van der Waals surface area contributed by atoms with E-state index in [9.17, 15) is 9.59 Å². The molecule has 0 saturated carbocycles. The SMILES string of the molecule is COc1cc(Br)c(CCNC(=O)c2nn(C(C)C)c(=O)c3ccccc23)cc1OC. The number of carbonyl (C=O) groups excluding carboxylic acids is 1. The highest BCUT2D eigenvalue weighted by Crippen LogP contribution is 2.33. The lowest BCUT2D eigenvalue weighted by Crippen LogP contribution is -2.32. The molecule has 0 aliphatic rings. The zero-order valence-electron chi connectivity index (χ0n) is 17.4. The van der Waals surface area contributed by atoms with Crippen molar-refractivity contribution in [1.82, 2.24) is 15.1 Å². The number of hydrogen-bond donors (Lipinski definition) is 1. The van der Waals surface area contributed by atoms with Gasteiger partial charge in [0.05, 0.1) is 25.6 Å². The van der Waals surface area contributed by atoms with Crippen molar-refractivity contribution >= 4 is 32.6 Å². The molecule has 0 bridgehead atoms. The van der Waals surface area contributed by atoms with Gasteiger partial charge < -0.3 is 14.8 Å². The highest BCUT2D eigenvalue weighted by Gasteiger charge is 2.18. The minimum absolute atomic E-state index is 0.156. The molecule has 1 heterocycles. The van der Waals surface area contributed by atoms with Crippen molar-refractivity contribution in [3.05, 3.63) is 62.5 Å². The van der Waals surface area contributed by atoms with Gasteiger partial charge in [-0.1, -0.05) is 34.1 Å². The van der Waals surface area contributed by atoms with Crippen molar-refractivity contribution in [1.29, 1.82) is 0 Å². The van der Waals surface area contributed by atoms with Gasteiger partial charge in [0, 0.05) is 16.4 Å². The predicted octanol–water partition coefficient (Wildman–Crippen LogP) is 3.73. The Balaban J connectivity index is 1.83. The zero-order chi connectivity index (χ0) is 21.8. The number of nitrogens with zero attached hydrogens (tertiary/aromatic N) is 2. The third kappa shape index (κ3) is 4.33. The number of ether oxygens (including phenoxy) is 2. The maximum absolute atomic E-state index is 12.9. The first-order valence-electron chi connectivity index (χ1n) is 9.57. The predicted molar refractivity (Wildman–Crippen MR) is 120 cm³/mol. The number of carbonyl (C=O) groups is 1. The molecule has 2 aromatic carbocycles. The standard InChI is InChI=1S/C22H24BrN3O4/c1-13(2)26-22(28)16-8-6-5-7-15(16)20(25-26)21(27)24-10-9-14-11-18(29-3)19(30-4)12-17(14)23/h5-8,11-13H,9-10H2,1-4H3,(H,24,27). The molecule has 30 heavy (non-hydrogen) atoms. The van der Waals surface area contributed by atoms with Crippen LogP contribution in [0.5, 0.6) is 11.5 Å². The number of halogens is 1. The molecule has 0 fully saturated rings. The van der Waals surface area contributed by atoms with Crippen LogP contribution in [0.2, 0.25) is 0 Å². The van der Waals surface area contributed by atoms with Crippen molar-refractivity contribution in [2.24, 2.45) is 0 Å². The second-order valence-electron chi connectivity index (χ2n) is 7.04. The Labute approximate surface area is 183 Å². The van der Waals surface area contributed by atoms with Gasteiger partial charge in [-0.25, -0.2) is 4.68 Å². The molecular formula is C22H24BrN3O4. The van der Waals surface area contributed by atoms with E-state index < -0.39 is 0 Å². The van der Waals surface area contributed by atoms with Crippen LogP contribution in [-0.2, 0) is 6.42 Å². The fourth-order valence-electron chi connectivity index (χ4n) is 3.21. The monoisotopic (exact) mass is 473 g/mol. The van der Waals surface area contributed by atoms with Crippen LogP contribution in [-0.4, -0.2) is 36.5 Å². The van der Waals surface area contributed by atoms with Crippen LogP contribution in [0, 0.1) is 0 Å². The Bertz CT molecular complexity index is 1140. The molecular weight excluding hydrogens is 450 g/mol. The van der Waals surface area contributed by atoms with Gasteiger partial charge >= 0.3 is 0 Å². The van der Waals surface area contributed by atoms with Gasteiger partial charge in [-0.15, -0.1) is 0 Å². The molecule has 1 amide bonds. The highest BCUT2D eigenvalue weighted by molar-refractivity contribution is 9.10. The second kappa shape index (κ2) is 9.30. The molecule has 3 rings (SSSR count). The van der Waals surface area contributed by atoms with Gasteiger partial charge in [-0.2, -0.15) is 5.10 Å². The van der Waals surface area contributed by atoms with Gasteiger partial charge in [-0.05, 0) is 44.0 Å². The van der Waals surface area contributed by atoms with Gasteiger partial charge in [-0.3, -0.25) is 9.59 Å². The molecule has 3 aromatic rings. The summed E-state index contributed by atoms with van der Waals surface area (Å²) in [5, 5.41) is 8.27. The highest BCUT2D eigenvalue weighted by atomic mass is 79.9. The fraction of sp³-hybridized carbons (Fsp3) is 0.318. The lowest BCUT2D eigenvalue weighted by molar-refractivity contribution is 0.0948. The molecule has 7 nitrogen and oxygen atoms in total. The van der Waals surface area contributed by atoms with Crippen LogP contribution >= 0.6 is 15.9 Å². The molecule has 158 valence electrons. The lowest BCUT2D eigenvalue weighted by atomic mass is 10.1. The number of fused-ring (bicyclic) bond motifs is 1. The van der Waals surface area contributed by atoms with E-state index in [0.717, 1.165) is 10.0 Å². The number of nitrogens with one attached hydrogen (secondary N) is 1. The van der Waals surface area contributed by atoms with E-state index in [-0.39, 0.29) is 23.2 Å².